The van der Waals surface area contributed by atoms with Crippen LogP contribution in [0, 0.1) is 0 Å². The van der Waals surface area contributed by atoms with Crippen LogP contribution in [0.3, 0.4) is 0 Å². The van der Waals surface area contributed by atoms with E-state index in [0.717, 1.165) is 182 Å². The summed E-state index contributed by atoms with van der Waals surface area (Å²) in [5.41, 5.74) is 6.55. The van der Waals surface area contributed by atoms with Gasteiger partial charge in [-0.2, -0.15) is 0 Å². The Labute approximate surface area is 672 Å². The lowest BCUT2D eigenvalue weighted by atomic mass is 9.88. The first-order valence-corrected chi connectivity index (χ1v) is 39.5. The minimum absolute atomic E-state index is 0. The molecule has 10 heterocycles. The van der Waals surface area contributed by atoms with Gasteiger partial charge in [0.05, 0.1) is 66.1 Å². The number of aliphatic hydroxyl groups excluding tert-OH is 1. The first-order valence-electron chi connectivity index (χ1n) is 39.5. The first-order chi connectivity index (χ1) is 55.6. The Hall–Kier alpha value is -9.78. The second-order valence-corrected chi connectivity index (χ2v) is 30.0. The average molecular weight is 1570 g/mol. The zero-order chi connectivity index (χ0) is 76.2. The molecule has 11 aromatic rings. The van der Waals surface area contributed by atoms with Crippen LogP contribution >= 0.6 is 0 Å². The smallest absolute Gasteiger partial charge is 0.123 e. The van der Waals surface area contributed by atoms with E-state index >= 15 is 0 Å². The van der Waals surface area contributed by atoms with Crippen LogP contribution in [0.2, 0.25) is 0 Å². The Morgan fingerprint density at radius 1 is 0.278 bits per heavy atom. The van der Waals surface area contributed by atoms with Gasteiger partial charge in [0.25, 0.3) is 0 Å². The van der Waals surface area contributed by atoms with Crippen molar-refractivity contribution in [2.24, 2.45) is 0 Å². The third-order valence-corrected chi connectivity index (χ3v) is 20.5. The number of benzene rings is 11. The van der Waals surface area contributed by atoms with Crippen molar-refractivity contribution in [3.8, 4) is 51.7 Å². The van der Waals surface area contributed by atoms with Gasteiger partial charge in [-0.05, 0) is 157 Å². The van der Waals surface area contributed by atoms with Crippen molar-refractivity contribution in [2.45, 2.75) is 115 Å². The summed E-state index contributed by atoms with van der Waals surface area (Å²) in [6.45, 7) is 17.3. The molecule has 20 nitrogen and oxygen atoms in total. The summed E-state index contributed by atoms with van der Waals surface area (Å²) >= 11 is 0. The molecule has 10 aliphatic rings. The van der Waals surface area contributed by atoms with Gasteiger partial charge in [0.1, 0.15) is 178 Å². The summed E-state index contributed by atoms with van der Waals surface area (Å²) in [6.07, 6.45) is 2.40. The van der Waals surface area contributed by atoms with Crippen molar-refractivity contribution in [3.63, 3.8) is 0 Å². The maximum absolute atomic E-state index is 11.2. The summed E-state index contributed by atoms with van der Waals surface area (Å²) in [5, 5.41) is 20.0. The van der Waals surface area contributed by atoms with Crippen LogP contribution in [-0.4, -0.2) is 192 Å². The Balaban J connectivity index is 0.000000126. The van der Waals surface area contributed by atoms with Crippen LogP contribution in [-0.2, 0) is 60.2 Å². The van der Waals surface area contributed by atoms with E-state index in [1.165, 1.54) is 5.56 Å². The van der Waals surface area contributed by atoms with E-state index in [-0.39, 0.29) is 57.6 Å². The van der Waals surface area contributed by atoms with Crippen LogP contribution in [0.5, 0.6) is 51.7 Å². The minimum atomic E-state index is -0.687. The fraction of sp³-hybridized carbons (Fsp3) is 0.389. The summed E-state index contributed by atoms with van der Waals surface area (Å²) in [5.74, 6) is 8.30. The number of aliphatic hydroxyl groups is 1. The van der Waals surface area contributed by atoms with Gasteiger partial charge in [0.2, 0.25) is 0 Å². The van der Waals surface area contributed by atoms with Crippen molar-refractivity contribution < 1.29 is 95.1 Å². The second-order valence-electron chi connectivity index (χ2n) is 30.0. The van der Waals surface area contributed by atoms with E-state index in [9.17, 15) is 5.11 Å². The van der Waals surface area contributed by atoms with Crippen LogP contribution in [0.25, 0.3) is 43.1 Å². The molecule has 0 aliphatic carbocycles. The topological polar surface area (TPSA) is 229 Å². The van der Waals surface area contributed by atoms with Crippen molar-refractivity contribution in [3.05, 3.63) is 246 Å². The molecular formula is C95H104O20. The molecular weight excluding hydrogens is 1460 g/mol. The van der Waals surface area contributed by atoms with Gasteiger partial charge in [-0.1, -0.05) is 150 Å². The monoisotopic (exact) mass is 1560 g/mol. The van der Waals surface area contributed by atoms with Crippen LogP contribution < -0.4 is 42.6 Å². The lowest BCUT2D eigenvalue weighted by Gasteiger charge is -2.20. The Bertz CT molecular complexity index is 4770. The third kappa shape index (κ3) is 24.0. The molecule has 11 atom stereocenters. The number of hydrogen-bond acceptors (Lipinski definition) is 20. The van der Waals surface area contributed by atoms with Gasteiger partial charge in [-0.15, -0.1) is 0 Å². The maximum Gasteiger partial charge on any atom is 0.123 e. The zero-order valence-electron chi connectivity index (χ0n) is 63.7. The standard InChI is InChI=1S/C33H32O8.C30H28O6.C12H16O2.2C9H10O2.2CH4/c1-5-22(34-12-24-14-36-24)9-28-20(1)3-7-32(40-18-26-16-38-26)30(28)11-31-29-10-23(35-13-25-15-37-25)6-2-21(29)4-8-33(31)41-19-27-17-39-27;31-30(29-17-36-29)24-9-6-19-5-8-20(32-13-21-14-33-21)11-25(19)26(24)12-27-23-4-2-1-3-18(23)7-10-28(27)35-16-22-15-34-22;1-9(2)10-3-5-11(6-4-10)13-7-12-8-14-12;2*1-2-4-8(5-3-1)10-6-9-7-11-9;;/h1-10,24-27H,11-19H2;1-11,21-22,29-31H,12-17H2;3-6,9,12H,7-8H2,1-2H3;2*1-5,9H,6-7H2;2*1H4. The fourth-order valence-electron chi connectivity index (χ4n) is 13.0. The lowest BCUT2D eigenvalue weighted by Crippen LogP contribution is -2.11. The molecule has 10 aliphatic heterocycles. The summed E-state index contributed by atoms with van der Waals surface area (Å²) < 4.78 is 106. The highest BCUT2D eigenvalue weighted by Gasteiger charge is 2.36. The van der Waals surface area contributed by atoms with Gasteiger partial charge in [-0.3, -0.25) is 0 Å². The molecule has 20 heteroatoms. The van der Waals surface area contributed by atoms with E-state index in [4.69, 9.17) is 90.0 Å². The predicted octanol–water partition coefficient (Wildman–Crippen LogP) is 16.1. The molecule has 115 heavy (non-hydrogen) atoms. The molecule has 0 spiro atoms. The van der Waals surface area contributed by atoms with Gasteiger partial charge in [-0.25, -0.2) is 0 Å². The summed E-state index contributed by atoms with van der Waals surface area (Å²) in [7, 11) is 0. The number of ether oxygens (including phenoxy) is 19. The normalized spacial score (nSPS) is 22.2. The first kappa shape index (κ1) is 80.4. The van der Waals surface area contributed by atoms with Gasteiger partial charge >= 0.3 is 0 Å². The number of fused-ring (bicyclic) bond motifs is 4. The molecule has 0 saturated carbocycles. The molecule has 604 valence electrons. The maximum atomic E-state index is 11.2. The number of para-hydroxylation sites is 2. The quantitative estimate of drug-likeness (QED) is 0.0370. The van der Waals surface area contributed by atoms with Crippen LogP contribution in [0.15, 0.2) is 212 Å². The lowest BCUT2D eigenvalue weighted by molar-refractivity contribution is 0.136. The number of hydrogen-bond donors (Lipinski definition) is 1. The second kappa shape index (κ2) is 38.3. The number of epoxide rings is 10. The Morgan fingerprint density at radius 3 is 0.896 bits per heavy atom. The number of rotatable bonds is 34. The van der Waals surface area contributed by atoms with Crippen LogP contribution in [0.4, 0.5) is 0 Å². The molecule has 0 amide bonds. The Morgan fingerprint density at radius 2 is 0.548 bits per heavy atom. The highest BCUT2D eigenvalue weighted by atomic mass is 16.6. The van der Waals surface area contributed by atoms with Gasteiger partial charge in [0, 0.05) is 29.5 Å². The molecule has 10 fully saturated rings. The average Bonchev–Trinajstić information content (AvgIpc) is 1.55. The zero-order valence-corrected chi connectivity index (χ0v) is 63.7. The molecule has 11 unspecified atom stereocenters. The largest absolute Gasteiger partial charge is 0.491 e. The SMILES string of the molecule is C.C.CC(C)c1ccc(OCC2CO2)cc1.OC(c1ccc2ccc(OCC3CO3)cc2c1Cc1c(OCC2CO2)ccc2ccccc12)C1CO1.c1cc2ccc(OCC3CO3)c(Cc3c(OCC4CO4)ccc4ccc(OCC5CO5)cc34)c2cc1OCC1CO1.c1ccc(OCC2CO2)cc1.c1ccc(OCC2CO2)cc1. The van der Waals surface area contributed by atoms with E-state index in [1.807, 2.05) is 97.1 Å². The van der Waals surface area contributed by atoms with Crippen LogP contribution in [0.1, 0.15) is 74.1 Å². The van der Waals surface area contributed by atoms with Crippen molar-refractivity contribution in [2.75, 3.05) is 126 Å². The molecule has 21 rings (SSSR count). The van der Waals surface area contributed by atoms with E-state index < -0.39 is 6.10 Å². The molecule has 1 N–H and O–H groups in total. The molecule has 0 bridgehead atoms. The van der Waals surface area contributed by atoms with Crippen molar-refractivity contribution in [1.29, 1.82) is 0 Å². The highest BCUT2D eigenvalue weighted by Crippen LogP contribution is 2.42. The van der Waals surface area contributed by atoms with E-state index in [1.54, 1.807) is 0 Å². The summed E-state index contributed by atoms with van der Waals surface area (Å²) in [4.78, 5) is 0. The van der Waals surface area contributed by atoms with E-state index in [0.29, 0.717) is 103 Å². The van der Waals surface area contributed by atoms with E-state index in [2.05, 4.69) is 129 Å². The molecule has 0 radical (unpaired) electrons. The highest BCUT2D eigenvalue weighted by molar-refractivity contribution is 5.94. The van der Waals surface area contributed by atoms with Crippen molar-refractivity contribution in [1.82, 2.24) is 0 Å². The predicted molar refractivity (Wildman–Crippen MR) is 440 cm³/mol. The molecule has 0 aromatic heterocycles. The summed E-state index contributed by atoms with van der Waals surface area (Å²) in [6, 6.07) is 71.4. The Kier molecular flexibility index (Phi) is 26.8. The fourth-order valence-corrected chi connectivity index (χ4v) is 13.0. The minimum Gasteiger partial charge on any atom is -0.491 e. The van der Waals surface area contributed by atoms with Crippen molar-refractivity contribution >= 4 is 43.1 Å². The third-order valence-electron chi connectivity index (χ3n) is 20.5. The molecule has 10 saturated heterocycles. The molecule has 11 aromatic carbocycles. The van der Waals surface area contributed by atoms with Gasteiger partial charge in [0.15, 0.2) is 0 Å². The van der Waals surface area contributed by atoms with Gasteiger partial charge < -0.3 is 95.1 Å².